The molecule has 3 aromatic rings. The first kappa shape index (κ1) is 26.3. The van der Waals surface area contributed by atoms with Gasteiger partial charge in [0.25, 0.3) is 0 Å². The first-order valence-corrected chi connectivity index (χ1v) is 11.4. The van der Waals surface area contributed by atoms with Gasteiger partial charge in [0, 0.05) is 12.8 Å². The number of halogens is 3. The summed E-state index contributed by atoms with van der Waals surface area (Å²) in [5.41, 5.74) is -0.0860. The van der Waals surface area contributed by atoms with E-state index >= 15 is 8.78 Å². The Bertz CT molecular complexity index is 1340. The highest BCUT2D eigenvalue weighted by Gasteiger charge is 2.63. The summed E-state index contributed by atoms with van der Waals surface area (Å²) in [6.45, 7) is 3.38. The number of esters is 2. The van der Waals surface area contributed by atoms with E-state index in [0.29, 0.717) is 0 Å². The molecule has 1 aliphatic heterocycles. The van der Waals surface area contributed by atoms with Crippen molar-refractivity contribution in [2.24, 2.45) is 5.92 Å². The fourth-order valence-electron chi connectivity index (χ4n) is 3.44. The third-order valence-corrected chi connectivity index (χ3v) is 5.58. The molecule has 0 aliphatic carbocycles. The summed E-state index contributed by atoms with van der Waals surface area (Å²) in [4.78, 5) is 44.1. The van der Waals surface area contributed by atoms with Gasteiger partial charge in [0.1, 0.15) is 6.61 Å². The zero-order valence-electron chi connectivity index (χ0n) is 19.7. The second-order valence-corrected chi connectivity index (χ2v) is 8.73. The highest BCUT2D eigenvalue weighted by atomic mass is 35.5. The predicted octanol–water partition coefficient (Wildman–Crippen LogP) is 2.79. The number of anilines is 1. The first-order chi connectivity index (χ1) is 17.5. The van der Waals surface area contributed by atoms with Crippen molar-refractivity contribution in [3.8, 4) is 0 Å². The molecule has 3 heterocycles. The highest BCUT2D eigenvalue weighted by Crippen LogP contribution is 2.44. The van der Waals surface area contributed by atoms with Crippen molar-refractivity contribution in [1.82, 2.24) is 25.0 Å². The molecule has 1 fully saturated rings. The largest absolute Gasteiger partial charge is 0.459 e. The van der Waals surface area contributed by atoms with E-state index in [1.807, 2.05) is 0 Å². The molecule has 1 saturated heterocycles. The Kier molecular flexibility index (Phi) is 7.32. The standard InChI is InChI=1S/C22H21ClF2N6O6/c1-10(2)18(33)28-21-26-16(23)14-17(27-21)31(30-29-14)19-15(36-11(3)32)22(24,25)13(37-19)9-35-20(34)12-7-5-4-6-8-12/h4-8,10,13,15,19H,9H2,1-3H3,(H,26,27,28,33)/t13-,15+,19-/m1/s1. The Morgan fingerprint density at radius 3 is 2.57 bits per heavy atom. The van der Waals surface area contributed by atoms with Crippen LogP contribution in [0.5, 0.6) is 0 Å². The average Bonchev–Trinajstić information content (AvgIpc) is 3.36. The maximum atomic E-state index is 15.4. The Hall–Kier alpha value is -3.78. The van der Waals surface area contributed by atoms with Crippen LogP contribution in [-0.2, 0) is 23.8 Å². The number of ether oxygens (including phenoxy) is 3. The Morgan fingerprint density at radius 2 is 1.92 bits per heavy atom. The summed E-state index contributed by atoms with van der Waals surface area (Å²) in [5, 5.41) is 9.86. The number of nitrogens with zero attached hydrogens (tertiary/aromatic N) is 5. The molecule has 196 valence electrons. The van der Waals surface area contributed by atoms with E-state index in [-0.39, 0.29) is 27.8 Å². The van der Waals surface area contributed by atoms with Crippen molar-refractivity contribution in [2.75, 3.05) is 11.9 Å². The Balaban J connectivity index is 1.66. The molecule has 0 spiro atoms. The fourth-order valence-corrected chi connectivity index (χ4v) is 3.65. The number of carbonyl (C=O) groups excluding carboxylic acids is 3. The van der Waals surface area contributed by atoms with E-state index < -0.39 is 54.7 Å². The van der Waals surface area contributed by atoms with Crippen molar-refractivity contribution in [3.63, 3.8) is 0 Å². The molecule has 1 N–H and O–H groups in total. The fraction of sp³-hybridized carbons (Fsp3) is 0.409. The summed E-state index contributed by atoms with van der Waals surface area (Å²) in [6.07, 6.45) is -5.92. The minimum Gasteiger partial charge on any atom is -0.459 e. The van der Waals surface area contributed by atoms with Crippen molar-refractivity contribution >= 4 is 46.6 Å². The van der Waals surface area contributed by atoms with Crippen molar-refractivity contribution in [3.05, 3.63) is 41.0 Å². The van der Waals surface area contributed by atoms with E-state index in [2.05, 4.69) is 25.6 Å². The number of hydrogen-bond donors (Lipinski definition) is 1. The summed E-state index contributed by atoms with van der Waals surface area (Å²) in [6, 6.07) is 7.77. The van der Waals surface area contributed by atoms with Gasteiger partial charge in [0.15, 0.2) is 28.6 Å². The van der Waals surface area contributed by atoms with Gasteiger partial charge in [-0.1, -0.05) is 48.9 Å². The third kappa shape index (κ3) is 5.34. The molecule has 4 rings (SSSR count). The van der Waals surface area contributed by atoms with Gasteiger partial charge in [-0.25, -0.2) is 4.79 Å². The molecular formula is C22H21ClF2N6O6. The number of nitrogens with one attached hydrogen (secondary N) is 1. The van der Waals surface area contributed by atoms with Gasteiger partial charge in [-0.05, 0) is 12.1 Å². The molecule has 15 heteroatoms. The van der Waals surface area contributed by atoms with E-state index in [9.17, 15) is 14.4 Å². The molecular weight excluding hydrogens is 518 g/mol. The maximum Gasteiger partial charge on any atom is 0.338 e. The number of benzene rings is 1. The molecule has 3 atom stereocenters. The zero-order valence-corrected chi connectivity index (χ0v) is 20.5. The second-order valence-electron chi connectivity index (χ2n) is 8.37. The van der Waals surface area contributed by atoms with Crippen LogP contribution in [0.2, 0.25) is 5.15 Å². The highest BCUT2D eigenvalue weighted by molar-refractivity contribution is 6.33. The van der Waals surface area contributed by atoms with E-state index in [0.717, 1.165) is 11.6 Å². The Morgan fingerprint density at radius 1 is 1.22 bits per heavy atom. The first-order valence-electron chi connectivity index (χ1n) is 11.0. The van der Waals surface area contributed by atoms with Crippen LogP contribution in [0, 0.1) is 5.92 Å². The summed E-state index contributed by atoms with van der Waals surface area (Å²) in [7, 11) is 0. The summed E-state index contributed by atoms with van der Waals surface area (Å²) < 4.78 is 47.0. The van der Waals surface area contributed by atoms with Crippen LogP contribution in [0.25, 0.3) is 11.2 Å². The molecule has 0 radical (unpaired) electrons. The summed E-state index contributed by atoms with van der Waals surface area (Å²) >= 11 is 6.14. The van der Waals surface area contributed by atoms with Crippen LogP contribution in [0.15, 0.2) is 30.3 Å². The molecule has 0 saturated carbocycles. The lowest BCUT2D eigenvalue weighted by atomic mass is 10.1. The maximum absolute atomic E-state index is 15.4. The molecule has 2 aromatic heterocycles. The normalized spacial score (nSPS) is 20.7. The average molecular weight is 539 g/mol. The summed E-state index contributed by atoms with van der Waals surface area (Å²) in [5.74, 6) is -6.72. The predicted molar refractivity (Wildman–Crippen MR) is 123 cm³/mol. The van der Waals surface area contributed by atoms with Crippen LogP contribution in [-0.4, -0.2) is 67.5 Å². The second kappa shape index (κ2) is 10.3. The number of aromatic nitrogens is 5. The van der Waals surface area contributed by atoms with Crippen molar-refractivity contribution in [2.45, 2.75) is 45.1 Å². The van der Waals surface area contributed by atoms with Crippen LogP contribution < -0.4 is 5.32 Å². The number of carbonyl (C=O) groups is 3. The van der Waals surface area contributed by atoms with E-state index in [1.165, 1.54) is 12.1 Å². The van der Waals surface area contributed by atoms with Crippen LogP contribution in [0.1, 0.15) is 37.4 Å². The minimum atomic E-state index is -3.81. The lowest BCUT2D eigenvalue weighted by Gasteiger charge is -2.23. The molecule has 1 aromatic carbocycles. The lowest BCUT2D eigenvalue weighted by Crippen LogP contribution is -2.44. The number of fused-ring (bicyclic) bond motifs is 1. The number of hydrogen-bond acceptors (Lipinski definition) is 10. The lowest BCUT2D eigenvalue weighted by molar-refractivity contribution is -0.172. The van der Waals surface area contributed by atoms with Gasteiger partial charge in [-0.15, -0.1) is 5.10 Å². The SMILES string of the molecule is CC(=O)O[C@H]1[C@H](n2nnc3c(Cl)nc(NC(=O)C(C)C)nc32)O[C@H](COC(=O)c2ccccc2)C1(F)F. The number of rotatable bonds is 7. The molecule has 1 aliphatic rings. The topological polar surface area (TPSA) is 147 Å². The molecule has 37 heavy (non-hydrogen) atoms. The smallest absolute Gasteiger partial charge is 0.338 e. The van der Waals surface area contributed by atoms with Crippen LogP contribution in [0.3, 0.4) is 0 Å². The molecule has 1 amide bonds. The van der Waals surface area contributed by atoms with Gasteiger partial charge in [-0.3, -0.25) is 14.9 Å². The van der Waals surface area contributed by atoms with Gasteiger partial charge < -0.3 is 14.2 Å². The van der Waals surface area contributed by atoms with Gasteiger partial charge in [-0.2, -0.15) is 23.4 Å². The zero-order chi connectivity index (χ0) is 26.9. The molecule has 0 bridgehead atoms. The monoisotopic (exact) mass is 538 g/mol. The third-order valence-electron chi connectivity index (χ3n) is 5.32. The van der Waals surface area contributed by atoms with Gasteiger partial charge >= 0.3 is 17.9 Å². The van der Waals surface area contributed by atoms with Crippen LogP contribution in [0.4, 0.5) is 14.7 Å². The van der Waals surface area contributed by atoms with Crippen LogP contribution >= 0.6 is 11.6 Å². The number of alkyl halides is 2. The Labute approximate surface area is 213 Å². The van der Waals surface area contributed by atoms with Crippen molar-refractivity contribution < 1.29 is 37.4 Å². The van der Waals surface area contributed by atoms with E-state index in [1.54, 1.807) is 32.0 Å². The van der Waals surface area contributed by atoms with E-state index in [4.69, 9.17) is 25.8 Å². The minimum absolute atomic E-state index is 0.0725. The quantitative estimate of drug-likeness (QED) is 0.351. The van der Waals surface area contributed by atoms with Crippen molar-refractivity contribution in [1.29, 1.82) is 0 Å². The number of amides is 1. The molecule has 12 nitrogen and oxygen atoms in total. The van der Waals surface area contributed by atoms with Gasteiger partial charge in [0.2, 0.25) is 18.0 Å². The molecule has 0 unspecified atom stereocenters. The van der Waals surface area contributed by atoms with Gasteiger partial charge in [0.05, 0.1) is 5.56 Å².